The van der Waals surface area contributed by atoms with Gasteiger partial charge >= 0.3 is 30.4 Å². The molecule has 0 bridgehead atoms. The number of amides is 1. The third kappa shape index (κ3) is 11.1. The fourth-order valence-corrected chi connectivity index (χ4v) is 1.06. The minimum Gasteiger partial charge on any atom is -0.445 e. The summed E-state index contributed by atoms with van der Waals surface area (Å²) in [6, 6.07) is 0. The van der Waals surface area contributed by atoms with E-state index in [1.165, 1.54) is 5.92 Å². The third-order valence-corrected chi connectivity index (χ3v) is 1.71. The minimum atomic E-state index is -5.24. The molecular weight excluding hydrogens is 353 g/mol. The number of alkyl halides is 9. The number of carbonyl (C=O) groups is 2. The zero-order chi connectivity index (χ0) is 18.5. The van der Waals surface area contributed by atoms with E-state index in [1.807, 2.05) is 0 Å². The summed E-state index contributed by atoms with van der Waals surface area (Å²) in [5.74, 6) is -2.69. The number of hydrogen-bond donors (Lipinski definition) is 0. The third-order valence-electron chi connectivity index (χ3n) is 1.71. The van der Waals surface area contributed by atoms with Gasteiger partial charge in [0.25, 0.3) is 0 Å². The lowest BCUT2D eigenvalue weighted by Crippen LogP contribution is -2.47. The Bertz CT molecular complexity index is 479. The number of halogens is 9. The molecule has 0 aliphatic rings. The minimum absolute atomic E-state index is 0.610. The van der Waals surface area contributed by atoms with Crippen molar-refractivity contribution in [3.8, 4) is 11.8 Å². The first-order valence-electron chi connectivity index (χ1n) is 5.27. The Morgan fingerprint density at radius 2 is 1.30 bits per heavy atom. The lowest BCUT2D eigenvalue weighted by molar-refractivity contribution is -0.191. The van der Waals surface area contributed by atoms with Crippen LogP contribution in [-0.2, 0) is 14.3 Å². The lowest BCUT2D eigenvalue weighted by Gasteiger charge is -2.23. The van der Waals surface area contributed by atoms with Crippen LogP contribution in [0.1, 0.15) is 0 Å². The monoisotopic (exact) mass is 359 g/mol. The summed E-state index contributed by atoms with van der Waals surface area (Å²) in [5.41, 5.74) is 0. The van der Waals surface area contributed by atoms with Crippen LogP contribution in [-0.4, -0.2) is 55.0 Å². The Balaban J connectivity index is 4.86. The Morgan fingerprint density at radius 3 is 1.65 bits per heavy atom. The highest BCUT2D eigenvalue weighted by Crippen LogP contribution is 2.22. The average Bonchev–Trinajstić information content (AvgIpc) is 2.27. The van der Waals surface area contributed by atoms with E-state index in [4.69, 9.17) is 0 Å². The Labute approximate surface area is 122 Å². The normalized spacial score (nSPS) is 12.2. The maximum atomic E-state index is 12.1. The highest BCUT2D eigenvalue weighted by Gasteiger charge is 2.41. The fourth-order valence-electron chi connectivity index (χ4n) is 1.06. The topological polar surface area (TPSA) is 46.6 Å². The van der Waals surface area contributed by atoms with E-state index in [1.54, 1.807) is 0 Å². The number of hydrogen-bond acceptors (Lipinski definition) is 3. The quantitative estimate of drug-likeness (QED) is 0.335. The predicted molar refractivity (Wildman–Crippen MR) is 53.5 cm³/mol. The molecule has 0 aromatic heterocycles. The maximum absolute atomic E-state index is 12.1. The second-order valence-corrected chi connectivity index (χ2v) is 3.77. The van der Waals surface area contributed by atoms with Crippen LogP contribution >= 0.6 is 0 Å². The molecule has 0 heterocycles. The van der Waals surface area contributed by atoms with Gasteiger partial charge < -0.3 is 9.64 Å². The summed E-state index contributed by atoms with van der Waals surface area (Å²) >= 11 is 0. The zero-order valence-electron chi connectivity index (χ0n) is 10.7. The highest BCUT2D eigenvalue weighted by molar-refractivity contribution is 6.32. The molecule has 0 N–H and O–H groups in total. The molecule has 132 valence electrons. The average molecular weight is 359 g/mol. The van der Waals surface area contributed by atoms with Crippen molar-refractivity contribution in [2.45, 2.75) is 18.5 Å². The number of carbonyl (C=O) groups excluding carboxylic acids is 2. The van der Waals surface area contributed by atoms with Gasteiger partial charge in [-0.05, 0) is 0 Å². The van der Waals surface area contributed by atoms with Gasteiger partial charge in [0.15, 0.2) is 6.61 Å². The van der Waals surface area contributed by atoms with Gasteiger partial charge in [-0.2, -0.15) is 39.5 Å². The zero-order valence-corrected chi connectivity index (χ0v) is 10.7. The lowest BCUT2D eigenvalue weighted by atomic mass is 10.4. The van der Waals surface area contributed by atoms with Crippen molar-refractivity contribution in [1.29, 1.82) is 0 Å². The summed E-state index contributed by atoms with van der Waals surface area (Å²) < 4.78 is 111. The van der Waals surface area contributed by atoms with Crippen molar-refractivity contribution >= 4 is 11.9 Å². The second kappa shape index (κ2) is 7.42. The molecule has 1 amide bonds. The molecule has 0 aliphatic heterocycles. The van der Waals surface area contributed by atoms with E-state index in [0.29, 0.717) is 5.92 Å². The first-order chi connectivity index (χ1) is 10.1. The molecule has 4 nitrogen and oxygen atoms in total. The molecular formula is C10H6F9NO3. The van der Waals surface area contributed by atoms with Crippen molar-refractivity contribution < 1.29 is 53.8 Å². The van der Waals surface area contributed by atoms with Gasteiger partial charge in [-0.1, -0.05) is 5.92 Å². The molecule has 0 fully saturated rings. The molecule has 13 heteroatoms. The van der Waals surface area contributed by atoms with Gasteiger partial charge in [0, 0.05) is 5.92 Å². The van der Waals surface area contributed by atoms with Crippen LogP contribution in [0.3, 0.4) is 0 Å². The van der Waals surface area contributed by atoms with Gasteiger partial charge in [0.2, 0.25) is 0 Å². The highest BCUT2D eigenvalue weighted by atomic mass is 19.4. The molecule has 0 saturated carbocycles. The summed E-state index contributed by atoms with van der Waals surface area (Å²) in [5, 5.41) is 0. The van der Waals surface area contributed by atoms with Crippen LogP contribution < -0.4 is 0 Å². The standard InChI is InChI=1S/C10H6F9NO3/c11-8(12,13)2-1-3-23-7(22)6(21)20(4-9(14,15)16)5-10(17,18)19/h3-5H2. The van der Waals surface area contributed by atoms with E-state index < -0.39 is 55.0 Å². The van der Waals surface area contributed by atoms with E-state index in [0.717, 1.165) is 0 Å². The number of ether oxygens (including phenoxy) is 1. The van der Waals surface area contributed by atoms with Gasteiger partial charge in [0.1, 0.15) is 13.1 Å². The van der Waals surface area contributed by atoms with Crippen LogP contribution in [0, 0.1) is 11.8 Å². The predicted octanol–water partition coefficient (Wildman–Crippen LogP) is 2.05. The Kier molecular flexibility index (Phi) is 6.74. The number of esters is 1. The van der Waals surface area contributed by atoms with E-state index in [-0.39, 0.29) is 0 Å². The summed E-state index contributed by atoms with van der Waals surface area (Å²) in [6.07, 6.45) is -15.4. The molecule has 0 atom stereocenters. The van der Waals surface area contributed by atoms with Crippen molar-refractivity contribution in [2.75, 3.05) is 19.7 Å². The van der Waals surface area contributed by atoms with Crippen molar-refractivity contribution in [1.82, 2.24) is 4.90 Å². The van der Waals surface area contributed by atoms with Crippen molar-refractivity contribution in [2.24, 2.45) is 0 Å². The second-order valence-electron chi connectivity index (χ2n) is 3.77. The summed E-state index contributed by atoms with van der Waals surface area (Å²) in [4.78, 5) is 21.3. The maximum Gasteiger partial charge on any atom is 0.457 e. The van der Waals surface area contributed by atoms with Gasteiger partial charge in [-0.3, -0.25) is 4.79 Å². The van der Waals surface area contributed by atoms with Crippen molar-refractivity contribution in [3.05, 3.63) is 0 Å². The largest absolute Gasteiger partial charge is 0.457 e. The molecule has 0 aromatic carbocycles. The molecule has 0 aromatic rings. The first-order valence-corrected chi connectivity index (χ1v) is 5.27. The van der Waals surface area contributed by atoms with Crippen LogP contribution in [0.25, 0.3) is 0 Å². The smallest absolute Gasteiger partial charge is 0.445 e. The Hall–Kier alpha value is -2.13. The molecule has 0 saturated heterocycles. The van der Waals surface area contributed by atoms with E-state index >= 15 is 0 Å². The van der Waals surface area contributed by atoms with E-state index in [9.17, 15) is 49.1 Å². The molecule has 0 radical (unpaired) electrons. The van der Waals surface area contributed by atoms with Gasteiger partial charge in [-0.25, -0.2) is 4.79 Å². The molecule has 0 spiro atoms. The molecule has 23 heavy (non-hydrogen) atoms. The number of nitrogens with zero attached hydrogens (tertiary/aromatic N) is 1. The van der Waals surface area contributed by atoms with Crippen molar-refractivity contribution in [3.63, 3.8) is 0 Å². The molecule has 0 unspecified atom stereocenters. The van der Waals surface area contributed by atoms with E-state index in [2.05, 4.69) is 4.74 Å². The van der Waals surface area contributed by atoms with Crippen LogP contribution in [0.2, 0.25) is 0 Å². The van der Waals surface area contributed by atoms with Gasteiger partial charge in [-0.15, -0.1) is 0 Å². The SMILES string of the molecule is O=C(OCC#CC(F)(F)F)C(=O)N(CC(F)(F)F)CC(F)(F)F. The molecule has 0 aliphatic carbocycles. The van der Waals surface area contributed by atoms with Crippen LogP contribution in [0.15, 0.2) is 0 Å². The van der Waals surface area contributed by atoms with Gasteiger partial charge in [0.05, 0.1) is 0 Å². The summed E-state index contributed by atoms with van der Waals surface area (Å²) in [6.45, 7) is -6.13. The Morgan fingerprint density at radius 1 is 0.870 bits per heavy atom. The van der Waals surface area contributed by atoms with Crippen LogP contribution in [0.4, 0.5) is 39.5 Å². The van der Waals surface area contributed by atoms with Crippen LogP contribution in [0.5, 0.6) is 0 Å². The fraction of sp³-hybridized carbons (Fsp3) is 0.600. The summed E-state index contributed by atoms with van der Waals surface area (Å²) in [7, 11) is 0. The number of rotatable bonds is 3. The first kappa shape index (κ1) is 20.9. The molecule has 0 rings (SSSR count).